The number of aromatic nitrogens is 1. The van der Waals surface area contributed by atoms with Crippen LogP contribution in [0.3, 0.4) is 0 Å². The van der Waals surface area contributed by atoms with E-state index in [9.17, 15) is 9.59 Å². The number of hydrogen-bond donors (Lipinski definition) is 1. The van der Waals surface area contributed by atoms with E-state index in [1.54, 1.807) is 18.3 Å². The van der Waals surface area contributed by atoms with Crippen LogP contribution in [0.1, 0.15) is 21.1 Å². The van der Waals surface area contributed by atoms with E-state index in [1.165, 1.54) is 0 Å². The average molecular weight is 356 g/mol. The van der Waals surface area contributed by atoms with Crippen molar-refractivity contribution < 1.29 is 18.7 Å². The average Bonchev–Trinajstić information content (AvgIpc) is 3.28. The van der Waals surface area contributed by atoms with Gasteiger partial charge in [-0.05, 0) is 30.5 Å². The Morgan fingerprint density at radius 2 is 2.00 bits per heavy atom. The highest BCUT2D eigenvalue weighted by Gasteiger charge is 2.20. The Bertz CT molecular complexity index is 857. The van der Waals surface area contributed by atoms with Gasteiger partial charge in [0.05, 0.1) is 6.54 Å². The molecule has 6 nitrogen and oxygen atoms in total. The second kappa shape index (κ2) is 7.76. The van der Waals surface area contributed by atoms with Crippen LogP contribution in [0, 0.1) is 6.92 Å². The first-order valence-electron chi connectivity index (χ1n) is 7.62. The first-order chi connectivity index (χ1) is 12.1. The number of hydrogen-bond acceptors (Lipinski definition) is 6. The molecule has 25 heavy (non-hydrogen) atoms. The maximum absolute atomic E-state index is 12.1. The fourth-order valence-electron chi connectivity index (χ4n) is 2.14. The van der Waals surface area contributed by atoms with Gasteiger partial charge in [-0.2, -0.15) is 0 Å². The molecule has 0 atom stereocenters. The second-order valence-corrected chi connectivity index (χ2v) is 6.25. The minimum atomic E-state index is -0.685. The van der Waals surface area contributed by atoms with Gasteiger partial charge in [-0.25, -0.2) is 9.78 Å². The molecule has 7 heteroatoms. The summed E-state index contributed by atoms with van der Waals surface area (Å²) in [7, 11) is 0. The zero-order chi connectivity index (χ0) is 17.6. The lowest BCUT2D eigenvalue weighted by Gasteiger charge is -2.04. The zero-order valence-electron chi connectivity index (χ0n) is 13.5. The fourth-order valence-corrected chi connectivity index (χ4v) is 2.78. The highest BCUT2D eigenvalue weighted by molar-refractivity contribution is 7.09. The molecule has 0 aliphatic carbocycles. The summed E-state index contributed by atoms with van der Waals surface area (Å²) in [4.78, 5) is 29.1. The predicted octanol–water partition coefficient (Wildman–Crippen LogP) is 3.18. The van der Waals surface area contributed by atoms with Crippen LogP contribution < -0.4 is 5.32 Å². The molecule has 0 aliphatic rings. The van der Waals surface area contributed by atoms with Crippen molar-refractivity contribution in [2.45, 2.75) is 13.5 Å². The molecule has 1 N–H and O–H groups in total. The number of esters is 1. The lowest BCUT2D eigenvalue weighted by molar-refractivity contribution is -0.124. The molecular weight excluding hydrogens is 340 g/mol. The summed E-state index contributed by atoms with van der Waals surface area (Å²) in [6.07, 6.45) is 0. The van der Waals surface area contributed by atoms with E-state index in [-0.39, 0.29) is 18.2 Å². The highest BCUT2D eigenvalue weighted by Crippen LogP contribution is 2.21. The summed E-state index contributed by atoms with van der Waals surface area (Å²) in [6, 6.07) is 13.1. The van der Waals surface area contributed by atoms with Gasteiger partial charge in [-0.1, -0.05) is 24.3 Å². The maximum Gasteiger partial charge on any atom is 0.361 e. The number of nitrogens with one attached hydrogen (secondary N) is 1. The molecule has 2 heterocycles. The van der Waals surface area contributed by atoms with Gasteiger partial charge in [0.1, 0.15) is 5.76 Å². The van der Waals surface area contributed by atoms with E-state index in [4.69, 9.17) is 9.15 Å². The molecule has 0 saturated heterocycles. The van der Waals surface area contributed by atoms with Gasteiger partial charge in [0.2, 0.25) is 5.89 Å². The third-order valence-electron chi connectivity index (χ3n) is 3.38. The van der Waals surface area contributed by atoms with Gasteiger partial charge in [-0.15, -0.1) is 11.3 Å². The third-order valence-corrected chi connectivity index (χ3v) is 4.26. The Morgan fingerprint density at radius 1 is 1.20 bits per heavy atom. The summed E-state index contributed by atoms with van der Waals surface area (Å²) in [5.74, 6) is -0.365. The quantitative estimate of drug-likeness (QED) is 0.686. The van der Waals surface area contributed by atoms with Crippen LogP contribution in [0.15, 0.2) is 52.3 Å². The Balaban J connectivity index is 1.56. The first-order valence-corrected chi connectivity index (χ1v) is 8.50. The van der Waals surface area contributed by atoms with Crippen molar-refractivity contribution in [1.29, 1.82) is 0 Å². The largest absolute Gasteiger partial charge is 0.451 e. The standard InChI is InChI=1S/C18H16N2O4S/c1-12-16(20-17(24-12)13-6-3-2-4-7-13)18(22)23-11-15(21)19-10-14-8-5-9-25-14/h2-9H,10-11H2,1H3,(H,19,21). The number of oxazole rings is 1. The van der Waals surface area contributed by atoms with E-state index in [0.29, 0.717) is 18.2 Å². The molecule has 0 saturated carbocycles. The number of thiophene rings is 1. The predicted molar refractivity (Wildman–Crippen MR) is 93.1 cm³/mol. The Morgan fingerprint density at radius 3 is 2.72 bits per heavy atom. The van der Waals surface area contributed by atoms with Crippen molar-refractivity contribution >= 4 is 23.2 Å². The molecule has 0 radical (unpaired) electrons. The number of amides is 1. The normalized spacial score (nSPS) is 10.4. The van der Waals surface area contributed by atoms with Crippen molar-refractivity contribution in [3.8, 4) is 11.5 Å². The van der Waals surface area contributed by atoms with Gasteiger partial charge in [0, 0.05) is 10.4 Å². The summed E-state index contributed by atoms with van der Waals surface area (Å²) in [5, 5.41) is 4.62. The Kier molecular flexibility index (Phi) is 5.25. The van der Waals surface area contributed by atoms with Crippen LogP contribution in [0.5, 0.6) is 0 Å². The molecule has 0 bridgehead atoms. The minimum absolute atomic E-state index is 0.0740. The van der Waals surface area contributed by atoms with E-state index in [0.717, 1.165) is 10.4 Å². The summed E-state index contributed by atoms with van der Waals surface area (Å²) in [6.45, 7) is 1.68. The monoisotopic (exact) mass is 356 g/mol. The highest BCUT2D eigenvalue weighted by atomic mass is 32.1. The molecule has 1 aromatic carbocycles. The number of carbonyl (C=O) groups excluding carboxylic acids is 2. The van der Waals surface area contributed by atoms with Crippen LogP contribution in [-0.4, -0.2) is 23.5 Å². The molecule has 0 aliphatic heterocycles. The number of rotatable bonds is 6. The third kappa shape index (κ3) is 4.33. The molecule has 128 valence electrons. The summed E-state index contributed by atoms with van der Waals surface area (Å²) < 4.78 is 10.5. The van der Waals surface area contributed by atoms with Crippen LogP contribution in [-0.2, 0) is 16.1 Å². The van der Waals surface area contributed by atoms with Gasteiger partial charge in [0.25, 0.3) is 5.91 Å². The van der Waals surface area contributed by atoms with E-state index < -0.39 is 5.97 Å². The lowest BCUT2D eigenvalue weighted by atomic mass is 10.2. The van der Waals surface area contributed by atoms with Crippen LogP contribution in [0.2, 0.25) is 0 Å². The molecule has 3 aromatic rings. The van der Waals surface area contributed by atoms with Crippen molar-refractivity contribution in [3.63, 3.8) is 0 Å². The topological polar surface area (TPSA) is 81.4 Å². The fraction of sp³-hybridized carbons (Fsp3) is 0.167. The molecule has 0 fully saturated rings. The smallest absolute Gasteiger partial charge is 0.361 e. The number of benzene rings is 1. The van der Waals surface area contributed by atoms with E-state index in [2.05, 4.69) is 10.3 Å². The zero-order valence-corrected chi connectivity index (χ0v) is 14.3. The Labute approximate surface area is 148 Å². The van der Waals surface area contributed by atoms with Gasteiger partial charge in [-0.3, -0.25) is 4.79 Å². The number of aryl methyl sites for hydroxylation is 1. The van der Waals surface area contributed by atoms with Crippen LogP contribution >= 0.6 is 11.3 Å². The van der Waals surface area contributed by atoms with Crippen LogP contribution in [0.4, 0.5) is 0 Å². The number of nitrogens with zero attached hydrogens (tertiary/aromatic N) is 1. The van der Waals surface area contributed by atoms with Crippen molar-refractivity contribution in [1.82, 2.24) is 10.3 Å². The van der Waals surface area contributed by atoms with Crippen molar-refractivity contribution in [2.24, 2.45) is 0 Å². The molecule has 2 aromatic heterocycles. The second-order valence-electron chi connectivity index (χ2n) is 5.22. The summed E-state index contributed by atoms with van der Waals surface area (Å²) in [5.41, 5.74) is 0.836. The molecule has 1 amide bonds. The first kappa shape index (κ1) is 16.9. The number of ether oxygens (including phenoxy) is 1. The van der Waals surface area contributed by atoms with Crippen molar-refractivity contribution in [2.75, 3.05) is 6.61 Å². The lowest BCUT2D eigenvalue weighted by Crippen LogP contribution is -2.28. The molecular formula is C18H16N2O4S. The number of carbonyl (C=O) groups is 2. The molecule has 0 spiro atoms. The Hall–Kier alpha value is -2.93. The maximum atomic E-state index is 12.1. The minimum Gasteiger partial charge on any atom is -0.451 e. The van der Waals surface area contributed by atoms with E-state index in [1.807, 2.05) is 47.8 Å². The molecule has 3 rings (SSSR count). The van der Waals surface area contributed by atoms with Gasteiger partial charge >= 0.3 is 5.97 Å². The van der Waals surface area contributed by atoms with Gasteiger partial charge < -0.3 is 14.5 Å². The molecule has 0 unspecified atom stereocenters. The van der Waals surface area contributed by atoms with Gasteiger partial charge in [0.15, 0.2) is 12.3 Å². The van der Waals surface area contributed by atoms with Crippen molar-refractivity contribution in [3.05, 3.63) is 64.2 Å². The van der Waals surface area contributed by atoms with Crippen LogP contribution in [0.25, 0.3) is 11.5 Å². The summed E-state index contributed by atoms with van der Waals surface area (Å²) >= 11 is 1.54. The SMILES string of the molecule is Cc1oc(-c2ccccc2)nc1C(=O)OCC(=O)NCc1cccs1. The van der Waals surface area contributed by atoms with E-state index >= 15 is 0 Å².